The van der Waals surface area contributed by atoms with Gasteiger partial charge in [0.1, 0.15) is 11.9 Å². The Labute approximate surface area is 103 Å². The molecule has 1 aromatic carbocycles. The number of aromatic amines is 1. The zero-order valence-corrected chi connectivity index (χ0v) is 9.38. The van der Waals surface area contributed by atoms with Crippen molar-refractivity contribution in [3.05, 3.63) is 48.3 Å². The van der Waals surface area contributed by atoms with E-state index in [1.54, 1.807) is 24.5 Å². The van der Waals surface area contributed by atoms with E-state index in [4.69, 9.17) is 5.26 Å². The second-order valence-electron chi connectivity index (χ2n) is 3.84. The van der Waals surface area contributed by atoms with Gasteiger partial charge in [-0.05, 0) is 30.3 Å². The number of hydrogen-bond acceptors (Lipinski definition) is 4. The van der Waals surface area contributed by atoms with E-state index in [1.807, 2.05) is 24.3 Å². The number of rotatable bonds is 2. The standard InChI is InChI=1S/C13H9N5/c14-6-9-1-4-13(15-7-9)17-11-2-3-12-10(5-11)8-16-18-12/h1-5,7-8H,(H,15,17)(H,16,18). The maximum Gasteiger partial charge on any atom is 0.130 e. The highest BCUT2D eigenvalue weighted by molar-refractivity contribution is 5.82. The molecule has 0 atom stereocenters. The fourth-order valence-electron chi connectivity index (χ4n) is 1.70. The second kappa shape index (κ2) is 4.18. The number of fused-ring (bicyclic) bond motifs is 1. The molecule has 0 unspecified atom stereocenters. The minimum Gasteiger partial charge on any atom is -0.340 e. The summed E-state index contributed by atoms with van der Waals surface area (Å²) in [5.41, 5.74) is 2.47. The van der Waals surface area contributed by atoms with Crippen LogP contribution in [-0.4, -0.2) is 15.2 Å². The molecular formula is C13H9N5. The van der Waals surface area contributed by atoms with E-state index in [-0.39, 0.29) is 0 Å². The van der Waals surface area contributed by atoms with Crippen LogP contribution in [-0.2, 0) is 0 Å². The normalized spacial score (nSPS) is 10.2. The molecule has 5 nitrogen and oxygen atoms in total. The lowest BCUT2D eigenvalue weighted by molar-refractivity contribution is 1.12. The van der Waals surface area contributed by atoms with Crippen LogP contribution in [0.1, 0.15) is 5.56 Å². The van der Waals surface area contributed by atoms with Gasteiger partial charge in [0.2, 0.25) is 0 Å². The highest BCUT2D eigenvalue weighted by Gasteiger charge is 1.99. The Morgan fingerprint density at radius 1 is 1.17 bits per heavy atom. The van der Waals surface area contributed by atoms with Gasteiger partial charge >= 0.3 is 0 Å². The Hall–Kier alpha value is -2.87. The summed E-state index contributed by atoms with van der Waals surface area (Å²) in [5.74, 6) is 0.705. The Kier molecular flexibility index (Phi) is 2.39. The van der Waals surface area contributed by atoms with Crippen LogP contribution in [0.2, 0.25) is 0 Å². The van der Waals surface area contributed by atoms with Gasteiger partial charge in [-0.1, -0.05) is 0 Å². The zero-order valence-electron chi connectivity index (χ0n) is 9.38. The van der Waals surface area contributed by atoms with Gasteiger partial charge in [0, 0.05) is 17.3 Å². The van der Waals surface area contributed by atoms with Gasteiger partial charge < -0.3 is 5.32 Å². The molecule has 0 saturated heterocycles. The third kappa shape index (κ3) is 1.87. The van der Waals surface area contributed by atoms with Crippen molar-refractivity contribution in [1.82, 2.24) is 15.2 Å². The molecule has 2 N–H and O–H groups in total. The van der Waals surface area contributed by atoms with Crippen molar-refractivity contribution >= 4 is 22.4 Å². The number of H-pyrrole nitrogens is 1. The molecule has 2 heterocycles. The van der Waals surface area contributed by atoms with Crippen molar-refractivity contribution in [2.24, 2.45) is 0 Å². The molecule has 18 heavy (non-hydrogen) atoms. The smallest absolute Gasteiger partial charge is 0.130 e. The summed E-state index contributed by atoms with van der Waals surface area (Å²) in [7, 11) is 0. The lowest BCUT2D eigenvalue weighted by atomic mass is 10.2. The van der Waals surface area contributed by atoms with Crippen LogP contribution in [0.3, 0.4) is 0 Å². The average molecular weight is 235 g/mol. The summed E-state index contributed by atoms with van der Waals surface area (Å²) in [6.07, 6.45) is 3.31. The van der Waals surface area contributed by atoms with Crippen molar-refractivity contribution in [1.29, 1.82) is 5.26 Å². The van der Waals surface area contributed by atoms with E-state index in [9.17, 15) is 0 Å². The first-order chi connectivity index (χ1) is 8.85. The topological polar surface area (TPSA) is 77.4 Å². The number of nitrogens with one attached hydrogen (secondary N) is 2. The molecule has 0 radical (unpaired) electrons. The minimum atomic E-state index is 0.547. The van der Waals surface area contributed by atoms with E-state index < -0.39 is 0 Å². The molecule has 5 heteroatoms. The molecular weight excluding hydrogens is 226 g/mol. The Morgan fingerprint density at radius 3 is 2.89 bits per heavy atom. The number of nitriles is 1. The van der Waals surface area contributed by atoms with Crippen molar-refractivity contribution < 1.29 is 0 Å². The van der Waals surface area contributed by atoms with Crippen LogP contribution >= 0.6 is 0 Å². The number of anilines is 2. The van der Waals surface area contributed by atoms with Gasteiger partial charge in [-0.25, -0.2) is 4.98 Å². The van der Waals surface area contributed by atoms with E-state index in [0.29, 0.717) is 11.4 Å². The molecule has 0 aliphatic heterocycles. The monoisotopic (exact) mass is 235 g/mol. The fraction of sp³-hybridized carbons (Fsp3) is 0. The lowest BCUT2D eigenvalue weighted by Crippen LogP contribution is -1.93. The zero-order chi connectivity index (χ0) is 12.4. The lowest BCUT2D eigenvalue weighted by Gasteiger charge is -2.05. The van der Waals surface area contributed by atoms with Gasteiger partial charge in [-0.15, -0.1) is 0 Å². The maximum atomic E-state index is 8.69. The summed E-state index contributed by atoms with van der Waals surface area (Å²) in [6.45, 7) is 0. The first kappa shape index (κ1) is 10.3. The molecule has 0 saturated carbocycles. The van der Waals surface area contributed by atoms with E-state index in [2.05, 4.69) is 20.5 Å². The third-order valence-corrected chi connectivity index (χ3v) is 2.61. The van der Waals surface area contributed by atoms with Gasteiger partial charge in [-0.3, -0.25) is 5.10 Å². The number of aromatic nitrogens is 3. The van der Waals surface area contributed by atoms with E-state index in [0.717, 1.165) is 16.6 Å². The summed E-state index contributed by atoms with van der Waals surface area (Å²) in [5, 5.41) is 19.8. The first-order valence-corrected chi connectivity index (χ1v) is 5.41. The van der Waals surface area contributed by atoms with Crippen molar-refractivity contribution in [2.75, 3.05) is 5.32 Å². The van der Waals surface area contributed by atoms with Gasteiger partial charge in [0.25, 0.3) is 0 Å². The molecule has 3 aromatic rings. The SMILES string of the molecule is N#Cc1ccc(Nc2ccc3[nH]ncc3c2)nc1. The van der Waals surface area contributed by atoms with E-state index in [1.165, 1.54) is 0 Å². The van der Waals surface area contributed by atoms with Crippen LogP contribution < -0.4 is 5.32 Å². The molecule has 86 valence electrons. The summed E-state index contributed by atoms with van der Waals surface area (Å²) >= 11 is 0. The molecule has 0 spiro atoms. The van der Waals surface area contributed by atoms with Crippen LogP contribution in [0.4, 0.5) is 11.5 Å². The molecule has 0 bridgehead atoms. The van der Waals surface area contributed by atoms with Crippen LogP contribution in [0.5, 0.6) is 0 Å². The van der Waals surface area contributed by atoms with Crippen LogP contribution in [0, 0.1) is 11.3 Å². The molecule has 0 aliphatic rings. The van der Waals surface area contributed by atoms with Gasteiger partial charge in [0.15, 0.2) is 0 Å². The Bertz CT molecular complexity index is 721. The van der Waals surface area contributed by atoms with Crippen molar-refractivity contribution in [2.45, 2.75) is 0 Å². The quantitative estimate of drug-likeness (QED) is 0.715. The Morgan fingerprint density at radius 2 is 2.11 bits per heavy atom. The molecule has 3 rings (SSSR count). The highest BCUT2D eigenvalue weighted by atomic mass is 15.1. The largest absolute Gasteiger partial charge is 0.340 e. The number of pyridine rings is 1. The summed E-state index contributed by atoms with van der Waals surface area (Å²) < 4.78 is 0. The third-order valence-electron chi connectivity index (χ3n) is 2.61. The summed E-state index contributed by atoms with van der Waals surface area (Å²) in [4.78, 5) is 4.16. The number of nitrogens with zero attached hydrogens (tertiary/aromatic N) is 3. The van der Waals surface area contributed by atoms with Crippen molar-refractivity contribution in [3.8, 4) is 6.07 Å². The van der Waals surface area contributed by atoms with E-state index >= 15 is 0 Å². The fourth-order valence-corrected chi connectivity index (χ4v) is 1.70. The minimum absolute atomic E-state index is 0.547. The van der Waals surface area contributed by atoms with Crippen molar-refractivity contribution in [3.63, 3.8) is 0 Å². The van der Waals surface area contributed by atoms with Crippen LogP contribution in [0.15, 0.2) is 42.7 Å². The molecule has 0 amide bonds. The second-order valence-corrected chi connectivity index (χ2v) is 3.84. The van der Waals surface area contributed by atoms with Gasteiger partial charge in [-0.2, -0.15) is 10.4 Å². The number of hydrogen-bond donors (Lipinski definition) is 2. The Balaban J connectivity index is 1.88. The average Bonchev–Trinajstić information content (AvgIpc) is 2.87. The van der Waals surface area contributed by atoms with Gasteiger partial charge in [0.05, 0.1) is 17.3 Å². The maximum absolute atomic E-state index is 8.69. The predicted octanol–water partition coefficient (Wildman–Crippen LogP) is 2.57. The van der Waals surface area contributed by atoms with Crippen LogP contribution in [0.25, 0.3) is 10.9 Å². The number of benzene rings is 1. The molecule has 2 aromatic heterocycles. The predicted molar refractivity (Wildman–Crippen MR) is 68.3 cm³/mol. The first-order valence-electron chi connectivity index (χ1n) is 5.41. The highest BCUT2D eigenvalue weighted by Crippen LogP contribution is 2.19. The molecule has 0 fully saturated rings. The summed E-state index contributed by atoms with van der Waals surface area (Å²) in [6, 6.07) is 11.4. The molecule has 0 aliphatic carbocycles.